The second-order valence-corrected chi connectivity index (χ2v) is 5.65. The quantitative estimate of drug-likeness (QED) is 0.778. The SMILES string of the molecule is O=C(CSC1CCNCC1)Nc1cccc(O)c1. The van der Waals surface area contributed by atoms with Crippen LogP contribution in [-0.2, 0) is 4.79 Å². The molecule has 1 aromatic rings. The van der Waals surface area contributed by atoms with Gasteiger partial charge in [0.25, 0.3) is 0 Å². The van der Waals surface area contributed by atoms with Gasteiger partial charge in [-0.3, -0.25) is 4.79 Å². The average Bonchev–Trinajstić information content (AvgIpc) is 2.38. The van der Waals surface area contributed by atoms with Crippen molar-refractivity contribution in [2.45, 2.75) is 18.1 Å². The van der Waals surface area contributed by atoms with Crippen molar-refractivity contribution in [3.63, 3.8) is 0 Å². The number of thioether (sulfide) groups is 1. The smallest absolute Gasteiger partial charge is 0.234 e. The number of phenolic OH excluding ortho intramolecular Hbond substituents is 1. The van der Waals surface area contributed by atoms with Gasteiger partial charge in [0, 0.05) is 17.0 Å². The van der Waals surface area contributed by atoms with Crippen LogP contribution in [0.4, 0.5) is 5.69 Å². The predicted molar refractivity (Wildman–Crippen MR) is 75.1 cm³/mol. The van der Waals surface area contributed by atoms with Gasteiger partial charge >= 0.3 is 0 Å². The molecule has 2 rings (SSSR count). The molecule has 98 valence electrons. The molecule has 1 aliphatic heterocycles. The molecule has 0 unspecified atom stereocenters. The van der Waals surface area contributed by atoms with Gasteiger partial charge in [-0.2, -0.15) is 0 Å². The zero-order valence-corrected chi connectivity index (χ0v) is 11.0. The number of carbonyl (C=O) groups excluding carboxylic acids is 1. The van der Waals surface area contributed by atoms with E-state index in [9.17, 15) is 9.90 Å². The summed E-state index contributed by atoms with van der Waals surface area (Å²) >= 11 is 1.71. The van der Waals surface area contributed by atoms with E-state index in [0.29, 0.717) is 16.7 Å². The first-order valence-electron chi connectivity index (χ1n) is 6.15. The molecule has 0 saturated carbocycles. The lowest BCUT2D eigenvalue weighted by molar-refractivity contribution is -0.113. The number of rotatable bonds is 4. The average molecular weight is 266 g/mol. The predicted octanol–water partition coefficient (Wildman–Crippen LogP) is 1.82. The Labute approximate surface area is 111 Å². The molecule has 0 spiro atoms. The largest absolute Gasteiger partial charge is 0.508 e. The van der Waals surface area contributed by atoms with Crippen molar-refractivity contribution in [2.75, 3.05) is 24.2 Å². The molecule has 1 aliphatic rings. The van der Waals surface area contributed by atoms with Crippen LogP contribution in [0.15, 0.2) is 24.3 Å². The van der Waals surface area contributed by atoms with E-state index in [1.165, 1.54) is 0 Å². The normalized spacial score (nSPS) is 16.4. The number of anilines is 1. The molecule has 0 radical (unpaired) electrons. The van der Waals surface area contributed by atoms with E-state index in [2.05, 4.69) is 10.6 Å². The van der Waals surface area contributed by atoms with Crippen molar-refractivity contribution in [1.29, 1.82) is 0 Å². The van der Waals surface area contributed by atoms with Gasteiger partial charge in [-0.15, -0.1) is 11.8 Å². The summed E-state index contributed by atoms with van der Waals surface area (Å²) in [6, 6.07) is 6.62. The number of phenols is 1. The van der Waals surface area contributed by atoms with Crippen molar-refractivity contribution in [2.24, 2.45) is 0 Å². The Morgan fingerprint density at radius 3 is 2.94 bits per heavy atom. The van der Waals surface area contributed by atoms with E-state index in [0.717, 1.165) is 25.9 Å². The van der Waals surface area contributed by atoms with Gasteiger partial charge in [0.15, 0.2) is 0 Å². The molecule has 0 aliphatic carbocycles. The molecule has 4 nitrogen and oxygen atoms in total. The van der Waals surface area contributed by atoms with Crippen LogP contribution >= 0.6 is 11.8 Å². The highest BCUT2D eigenvalue weighted by atomic mass is 32.2. The van der Waals surface area contributed by atoms with Crippen molar-refractivity contribution >= 4 is 23.4 Å². The maximum atomic E-state index is 11.7. The summed E-state index contributed by atoms with van der Waals surface area (Å²) in [5, 5.41) is 16.0. The van der Waals surface area contributed by atoms with Crippen LogP contribution in [0.2, 0.25) is 0 Å². The first kappa shape index (κ1) is 13.2. The first-order chi connectivity index (χ1) is 8.74. The third-order valence-electron chi connectivity index (χ3n) is 2.87. The maximum absolute atomic E-state index is 11.7. The Bertz CT molecular complexity index is 406. The number of hydrogen-bond acceptors (Lipinski definition) is 4. The standard InChI is InChI=1S/C13H18N2O2S/c16-11-3-1-2-10(8-11)15-13(17)9-18-12-4-6-14-7-5-12/h1-3,8,12,14,16H,4-7,9H2,(H,15,17). The lowest BCUT2D eigenvalue weighted by atomic mass is 10.2. The monoisotopic (exact) mass is 266 g/mol. The molecule has 1 heterocycles. The Hall–Kier alpha value is -1.20. The van der Waals surface area contributed by atoms with E-state index < -0.39 is 0 Å². The van der Waals surface area contributed by atoms with Crippen LogP contribution in [0.3, 0.4) is 0 Å². The number of hydrogen-bond donors (Lipinski definition) is 3. The lowest BCUT2D eigenvalue weighted by Crippen LogP contribution is -2.30. The van der Waals surface area contributed by atoms with Crippen LogP contribution < -0.4 is 10.6 Å². The third kappa shape index (κ3) is 4.23. The van der Waals surface area contributed by atoms with Gasteiger partial charge in [0.2, 0.25) is 5.91 Å². The van der Waals surface area contributed by atoms with Crippen molar-refractivity contribution in [3.05, 3.63) is 24.3 Å². The molecule has 0 atom stereocenters. The van der Waals surface area contributed by atoms with E-state index in [1.54, 1.807) is 36.0 Å². The maximum Gasteiger partial charge on any atom is 0.234 e. The van der Waals surface area contributed by atoms with E-state index in [4.69, 9.17) is 0 Å². The number of aromatic hydroxyl groups is 1. The molecule has 18 heavy (non-hydrogen) atoms. The minimum Gasteiger partial charge on any atom is -0.508 e. The van der Waals surface area contributed by atoms with E-state index in [1.807, 2.05) is 0 Å². The summed E-state index contributed by atoms with van der Waals surface area (Å²) in [7, 11) is 0. The Balaban J connectivity index is 1.74. The highest BCUT2D eigenvalue weighted by molar-refractivity contribution is 8.00. The van der Waals surface area contributed by atoms with Crippen molar-refractivity contribution in [1.82, 2.24) is 5.32 Å². The van der Waals surface area contributed by atoms with Crippen LogP contribution in [-0.4, -0.2) is 35.1 Å². The summed E-state index contributed by atoms with van der Waals surface area (Å²) in [5.74, 6) is 0.628. The van der Waals surface area contributed by atoms with Crippen LogP contribution in [0.1, 0.15) is 12.8 Å². The molecule has 1 amide bonds. The van der Waals surface area contributed by atoms with Gasteiger partial charge in [-0.1, -0.05) is 6.07 Å². The fourth-order valence-corrected chi connectivity index (χ4v) is 2.96. The summed E-state index contributed by atoms with van der Waals surface area (Å²) in [5.41, 5.74) is 0.644. The van der Waals surface area contributed by atoms with Crippen molar-refractivity contribution in [3.8, 4) is 5.75 Å². The first-order valence-corrected chi connectivity index (χ1v) is 7.20. The van der Waals surface area contributed by atoms with E-state index >= 15 is 0 Å². The molecule has 0 aromatic heterocycles. The Morgan fingerprint density at radius 1 is 1.44 bits per heavy atom. The number of nitrogens with one attached hydrogen (secondary N) is 2. The number of benzene rings is 1. The molecule has 1 saturated heterocycles. The number of piperidine rings is 1. The van der Waals surface area contributed by atoms with E-state index in [-0.39, 0.29) is 11.7 Å². The fourth-order valence-electron chi connectivity index (χ4n) is 1.94. The topological polar surface area (TPSA) is 61.4 Å². The molecule has 1 aromatic carbocycles. The minimum absolute atomic E-state index is 0.0101. The number of carbonyl (C=O) groups is 1. The zero-order valence-electron chi connectivity index (χ0n) is 10.2. The molecular formula is C13H18N2O2S. The summed E-state index contributed by atoms with van der Waals surface area (Å²) in [4.78, 5) is 11.7. The lowest BCUT2D eigenvalue weighted by Gasteiger charge is -2.21. The second-order valence-electron chi connectivity index (χ2n) is 4.36. The molecule has 0 bridgehead atoms. The van der Waals surface area contributed by atoms with Gasteiger partial charge < -0.3 is 15.7 Å². The summed E-state index contributed by atoms with van der Waals surface area (Å²) in [6.45, 7) is 2.09. The van der Waals surface area contributed by atoms with Gasteiger partial charge in [0.1, 0.15) is 5.75 Å². The second kappa shape index (κ2) is 6.66. The fraction of sp³-hybridized carbons (Fsp3) is 0.462. The summed E-state index contributed by atoms with van der Waals surface area (Å²) in [6.07, 6.45) is 2.26. The molecule has 3 N–H and O–H groups in total. The zero-order chi connectivity index (χ0) is 12.8. The Morgan fingerprint density at radius 2 is 2.22 bits per heavy atom. The van der Waals surface area contributed by atoms with Gasteiger partial charge in [-0.25, -0.2) is 0 Å². The molecule has 1 fully saturated rings. The molecule has 5 heteroatoms. The highest BCUT2D eigenvalue weighted by Crippen LogP contribution is 2.21. The van der Waals surface area contributed by atoms with Crippen LogP contribution in [0, 0.1) is 0 Å². The summed E-state index contributed by atoms with van der Waals surface area (Å²) < 4.78 is 0. The number of amides is 1. The van der Waals surface area contributed by atoms with Gasteiger partial charge in [0.05, 0.1) is 5.75 Å². The highest BCUT2D eigenvalue weighted by Gasteiger charge is 2.14. The third-order valence-corrected chi connectivity index (χ3v) is 4.24. The minimum atomic E-state index is -0.0101. The van der Waals surface area contributed by atoms with Crippen molar-refractivity contribution < 1.29 is 9.90 Å². The Kier molecular flexibility index (Phi) is 4.90. The molecular weight excluding hydrogens is 248 g/mol. The van der Waals surface area contributed by atoms with Crippen LogP contribution in [0.5, 0.6) is 5.75 Å². The van der Waals surface area contributed by atoms with Gasteiger partial charge in [-0.05, 0) is 38.1 Å². The van der Waals surface area contributed by atoms with Crippen LogP contribution in [0.25, 0.3) is 0 Å².